The third-order valence-corrected chi connectivity index (χ3v) is 5.07. The number of aromatic nitrogens is 4. The van der Waals surface area contributed by atoms with E-state index in [0.717, 1.165) is 33.1 Å². The van der Waals surface area contributed by atoms with E-state index in [9.17, 15) is 4.79 Å². The van der Waals surface area contributed by atoms with Crippen LogP contribution < -0.4 is 10.9 Å². The average molecular weight is 381 g/mol. The van der Waals surface area contributed by atoms with Gasteiger partial charge in [0.05, 0.1) is 0 Å². The number of nitrogens with one attached hydrogen (secondary N) is 2. The number of hydrogen-bond donors (Lipinski definition) is 2. The predicted molar refractivity (Wildman–Crippen MR) is 116 cm³/mol. The summed E-state index contributed by atoms with van der Waals surface area (Å²) in [5, 5.41) is 5.17. The third kappa shape index (κ3) is 3.25. The Kier molecular flexibility index (Phi) is 4.09. The second kappa shape index (κ2) is 6.91. The van der Waals surface area contributed by atoms with E-state index in [-0.39, 0.29) is 5.56 Å². The Hall–Kier alpha value is -3.93. The van der Waals surface area contributed by atoms with E-state index in [1.807, 2.05) is 66.9 Å². The summed E-state index contributed by atoms with van der Waals surface area (Å²) < 4.78 is 1.59. The van der Waals surface area contributed by atoms with Crippen molar-refractivity contribution < 1.29 is 0 Å². The fourth-order valence-corrected chi connectivity index (χ4v) is 3.58. The summed E-state index contributed by atoms with van der Waals surface area (Å²) in [5.74, 6) is 0.457. The Labute approximate surface area is 166 Å². The second-order valence-corrected chi connectivity index (χ2v) is 7.07. The molecule has 29 heavy (non-hydrogen) atoms. The van der Waals surface area contributed by atoms with Crippen molar-refractivity contribution in [3.63, 3.8) is 0 Å². The first-order valence-electron chi connectivity index (χ1n) is 9.41. The first-order chi connectivity index (χ1) is 14.2. The topological polar surface area (TPSA) is 75.6 Å². The third-order valence-electron chi connectivity index (χ3n) is 5.07. The minimum Gasteiger partial charge on any atom is -0.361 e. The van der Waals surface area contributed by atoms with E-state index in [1.54, 1.807) is 17.8 Å². The van der Waals surface area contributed by atoms with Crippen LogP contribution in [0.4, 0.5) is 11.6 Å². The predicted octanol–water partition coefficient (Wildman–Crippen LogP) is 4.14. The molecule has 0 aliphatic rings. The minimum atomic E-state index is -0.0419. The van der Waals surface area contributed by atoms with Crippen molar-refractivity contribution in [3.05, 3.63) is 94.5 Å². The monoisotopic (exact) mass is 381 g/mol. The summed E-state index contributed by atoms with van der Waals surface area (Å²) >= 11 is 0. The van der Waals surface area contributed by atoms with Gasteiger partial charge in [0, 0.05) is 53.4 Å². The van der Waals surface area contributed by atoms with Gasteiger partial charge in [-0.15, -0.1) is 0 Å². The average Bonchev–Trinajstić information content (AvgIpc) is 3.21. The van der Waals surface area contributed by atoms with Crippen LogP contribution in [0.1, 0.15) is 11.1 Å². The van der Waals surface area contributed by atoms with Gasteiger partial charge < -0.3 is 10.3 Å². The molecule has 2 aromatic carbocycles. The van der Waals surface area contributed by atoms with Crippen molar-refractivity contribution in [2.45, 2.75) is 6.42 Å². The van der Waals surface area contributed by atoms with Gasteiger partial charge in [-0.3, -0.25) is 9.36 Å². The maximum atomic E-state index is 12.9. The van der Waals surface area contributed by atoms with Crippen molar-refractivity contribution >= 4 is 33.6 Å². The van der Waals surface area contributed by atoms with Crippen molar-refractivity contribution in [2.75, 3.05) is 5.32 Å². The van der Waals surface area contributed by atoms with Gasteiger partial charge in [-0.25, -0.2) is 4.98 Å². The summed E-state index contributed by atoms with van der Waals surface area (Å²) in [4.78, 5) is 25.0. The molecule has 142 valence electrons. The Balaban J connectivity index is 1.50. The first-order valence-corrected chi connectivity index (χ1v) is 9.41. The molecule has 0 saturated heterocycles. The van der Waals surface area contributed by atoms with Crippen molar-refractivity contribution in [1.29, 1.82) is 0 Å². The molecule has 0 aliphatic heterocycles. The quantitative estimate of drug-likeness (QED) is 0.490. The highest BCUT2D eigenvalue weighted by molar-refractivity contribution is 5.84. The van der Waals surface area contributed by atoms with E-state index in [1.165, 1.54) is 0 Å². The molecule has 0 bridgehead atoms. The highest BCUT2D eigenvalue weighted by Gasteiger charge is 2.10. The zero-order valence-corrected chi connectivity index (χ0v) is 15.9. The van der Waals surface area contributed by atoms with Gasteiger partial charge in [0.25, 0.3) is 5.56 Å². The molecule has 6 nitrogen and oxygen atoms in total. The van der Waals surface area contributed by atoms with Gasteiger partial charge in [-0.05, 0) is 35.9 Å². The molecule has 0 spiro atoms. The fraction of sp³-hybridized carbons (Fsp3) is 0.0870. The molecule has 3 heterocycles. The molecule has 0 fully saturated rings. The summed E-state index contributed by atoms with van der Waals surface area (Å²) in [6.45, 7) is 0. The molecule has 0 atom stereocenters. The molecule has 0 radical (unpaired) electrons. The van der Waals surface area contributed by atoms with Crippen LogP contribution in [0.5, 0.6) is 0 Å². The van der Waals surface area contributed by atoms with E-state index < -0.39 is 0 Å². The highest BCUT2D eigenvalue weighted by Crippen LogP contribution is 2.21. The number of hydrogen-bond acceptors (Lipinski definition) is 4. The minimum absolute atomic E-state index is 0.0419. The molecule has 5 rings (SSSR count). The largest absolute Gasteiger partial charge is 0.361 e. The van der Waals surface area contributed by atoms with Crippen molar-refractivity contribution in [2.24, 2.45) is 7.05 Å². The number of aryl methyl sites for hydroxylation is 1. The Morgan fingerprint density at radius 3 is 2.76 bits per heavy atom. The number of rotatable bonds is 4. The van der Waals surface area contributed by atoms with Gasteiger partial charge in [-0.2, -0.15) is 4.98 Å². The van der Waals surface area contributed by atoms with Crippen LogP contribution >= 0.6 is 0 Å². The number of aromatic amines is 1. The van der Waals surface area contributed by atoms with Gasteiger partial charge in [0.15, 0.2) is 0 Å². The van der Waals surface area contributed by atoms with Gasteiger partial charge in [-0.1, -0.05) is 30.3 Å². The number of nitrogens with zero attached hydrogens (tertiary/aromatic N) is 3. The molecule has 3 aromatic heterocycles. The number of pyridine rings is 1. The van der Waals surface area contributed by atoms with Crippen molar-refractivity contribution in [1.82, 2.24) is 19.5 Å². The number of H-pyrrole nitrogens is 1. The molecule has 5 aromatic rings. The first kappa shape index (κ1) is 17.2. The Bertz CT molecular complexity index is 1390. The van der Waals surface area contributed by atoms with E-state index in [4.69, 9.17) is 0 Å². The van der Waals surface area contributed by atoms with Crippen LogP contribution in [-0.2, 0) is 13.5 Å². The van der Waals surface area contributed by atoms with Gasteiger partial charge in [0.2, 0.25) is 5.95 Å². The standard InChI is InChI=1S/C23H19N5O/c1-28-21-18(12-17(22(28)29)11-15-5-3-2-4-6-15)14-25-23(27-21)26-19-7-8-20-16(13-19)9-10-24-20/h2-10,12-14,24H,11H2,1H3,(H,25,26,27). The normalized spacial score (nSPS) is 11.2. The fourth-order valence-electron chi connectivity index (χ4n) is 3.58. The maximum Gasteiger partial charge on any atom is 0.255 e. The van der Waals surface area contributed by atoms with E-state index >= 15 is 0 Å². The van der Waals surface area contributed by atoms with Crippen LogP contribution in [0, 0.1) is 0 Å². The lowest BCUT2D eigenvalue weighted by Gasteiger charge is -2.10. The van der Waals surface area contributed by atoms with Crippen LogP contribution in [-0.4, -0.2) is 19.5 Å². The van der Waals surface area contributed by atoms with Crippen LogP contribution in [0.3, 0.4) is 0 Å². The van der Waals surface area contributed by atoms with Crippen LogP contribution in [0.25, 0.3) is 21.9 Å². The number of anilines is 2. The SMILES string of the molecule is Cn1c(=O)c(Cc2ccccc2)cc2cnc(Nc3ccc4[nH]ccc4c3)nc21. The van der Waals surface area contributed by atoms with Crippen molar-refractivity contribution in [3.8, 4) is 0 Å². The zero-order valence-electron chi connectivity index (χ0n) is 15.9. The van der Waals surface area contributed by atoms with E-state index in [0.29, 0.717) is 18.0 Å². The zero-order chi connectivity index (χ0) is 19.8. The lowest BCUT2D eigenvalue weighted by Crippen LogP contribution is -2.22. The second-order valence-electron chi connectivity index (χ2n) is 7.07. The molecule has 0 aliphatic carbocycles. The van der Waals surface area contributed by atoms with E-state index in [2.05, 4.69) is 20.3 Å². The Morgan fingerprint density at radius 2 is 1.90 bits per heavy atom. The summed E-state index contributed by atoms with van der Waals surface area (Å²) in [5.41, 5.74) is 4.36. The molecule has 6 heteroatoms. The van der Waals surface area contributed by atoms with Gasteiger partial charge in [0.1, 0.15) is 5.65 Å². The van der Waals surface area contributed by atoms with Crippen LogP contribution in [0.2, 0.25) is 0 Å². The molecular formula is C23H19N5O. The smallest absolute Gasteiger partial charge is 0.255 e. The molecule has 0 amide bonds. The van der Waals surface area contributed by atoms with Gasteiger partial charge >= 0.3 is 0 Å². The summed E-state index contributed by atoms with van der Waals surface area (Å²) in [7, 11) is 1.75. The lowest BCUT2D eigenvalue weighted by atomic mass is 10.1. The van der Waals surface area contributed by atoms with Crippen LogP contribution in [0.15, 0.2) is 77.9 Å². The lowest BCUT2D eigenvalue weighted by molar-refractivity contribution is 0.863. The molecule has 0 unspecified atom stereocenters. The maximum absolute atomic E-state index is 12.9. The Morgan fingerprint density at radius 1 is 1.03 bits per heavy atom. The molecular weight excluding hydrogens is 362 g/mol. The highest BCUT2D eigenvalue weighted by atomic mass is 16.1. The summed E-state index contributed by atoms with van der Waals surface area (Å²) in [6.07, 6.45) is 4.25. The number of fused-ring (bicyclic) bond motifs is 2. The molecule has 2 N–H and O–H groups in total. The molecule has 0 saturated carbocycles. The number of benzene rings is 2. The summed E-state index contributed by atoms with van der Waals surface area (Å²) in [6, 6.07) is 19.9.